The van der Waals surface area contributed by atoms with Gasteiger partial charge in [-0.15, -0.1) is 0 Å². The number of nitrogens with two attached hydrogens (primary N) is 1. The fourth-order valence-electron chi connectivity index (χ4n) is 2.73. The molecule has 1 aliphatic heterocycles. The smallest absolute Gasteiger partial charge is 0.240 e. The predicted molar refractivity (Wildman–Crippen MR) is 90.8 cm³/mol. The molecular formula is C16H24FN3O4S. The van der Waals surface area contributed by atoms with Crippen LogP contribution in [0.2, 0.25) is 0 Å². The third-order valence-electron chi connectivity index (χ3n) is 4.29. The molecule has 1 unspecified atom stereocenters. The highest BCUT2D eigenvalue weighted by Crippen LogP contribution is 2.16. The van der Waals surface area contributed by atoms with Gasteiger partial charge < -0.3 is 15.4 Å². The summed E-state index contributed by atoms with van der Waals surface area (Å²) in [5.74, 6) is -0.533. The number of carbonyl (C=O) groups is 1. The average Bonchev–Trinajstić information content (AvgIpc) is 2.60. The first kappa shape index (κ1) is 19.8. The predicted octanol–water partition coefficient (Wildman–Crippen LogP) is 0.459. The summed E-state index contributed by atoms with van der Waals surface area (Å²) >= 11 is 0. The maximum absolute atomic E-state index is 12.9. The van der Waals surface area contributed by atoms with Gasteiger partial charge in [-0.05, 0) is 37.1 Å². The van der Waals surface area contributed by atoms with E-state index in [1.807, 2.05) is 0 Å². The fraction of sp³-hybridized carbons (Fsp3) is 0.562. The summed E-state index contributed by atoms with van der Waals surface area (Å²) in [5, 5.41) is 0. The first-order valence-corrected chi connectivity index (χ1v) is 9.62. The van der Waals surface area contributed by atoms with E-state index < -0.39 is 15.8 Å². The molecule has 1 heterocycles. The second-order valence-corrected chi connectivity index (χ2v) is 7.74. The second kappa shape index (κ2) is 8.70. The van der Waals surface area contributed by atoms with Gasteiger partial charge in [-0.1, -0.05) is 0 Å². The Kier molecular flexibility index (Phi) is 6.88. The Morgan fingerprint density at radius 3 is 2.48 bits per heavy atom. The normalized spacial score (nSPS) is 17.5. The number of hydrogen-bond donors (Lipinski definition) is 2. The zero-order chi connectivity index (χ0) is 18.4. The third-order valence-corrected chi connectivity index (χ3v) is 5.83. The molecule has 1 aromatic rings. The van der Waals surface area contributed by atoms with E-state index in [9.17, 15) is 17.6 Å². The van der Waals surface area contributed by atoms with Gasteiger partial charge in [0, 0.05) is 32.8 Å². The Bertz CT molecular complexity index is 669. The number of halogens is 1. The van der Waals surface area contributed by atoms with Crippen LogP contribution in [0.5, 0.6) is 0 Å². The maximum Gasteiger partial charge on any atom is 0.240 e. The molecule has 25 heavy (non-hydrogen) atoms. The minimum Gasteiger partial charge on any atom is -0.380 e. The molecule has 0 aromatic heterocycles. The van der Waals surface area contributed by atoms with Crippen molar-refractivity contribution in [2.45, 2.75) is 36.3 Å². The van der Waals surface area contributed by atoms with E-state index in [0.717, 1.165) is 12.1 Å². The number of amides is 1. The third kappa shape index (κ3) is 5.46. The molecular weight excluding hydrogens is 349 g/mol. The lowest BCUT2D eigenvalue weighted by atomic mass is 10.1. The Morgan fingerprint density at radius 2 is 1.96 bits per heavy atom. The summed E-state index contributed by atoms with van der Waals surface area (Å²) in [6, 6.07) is 4.42. The summed E-state index contributed by atoms with van der Waals surface area (Å²) in [5.41, 5.74) is 5.52. The minimum absolute atomic E-state index is 0.0262. The van der Waals surface area contributed by atoms with Crippen molar-refractivity contribution in [1.82, 2.24) is 9.62 Å². The van der Waals surface area contributed by atoms with Gasteiger partial charge in [0.05, 0.1) is 17.4 Å². The molecule has 2 rings (SSSR count). The van der Waals surface area contributed by atoms with Crippen molar-refractivity contribution in [1.29, 1.82) is 0 Å². The van der Waals surface area contributed by atoms with Crippen LogP contribution in [0.25, 0.3) is 0 Å². The van der Waals surface area contributed by atoms with Crippen LogP contribution in [-0.2, 0) is 19.6 Å². The summed E-state index contributed by atoms with van der Waals surface area (Å²) in [7, 11) is -2.18. The number of carbonyl (C=O) groups excluding carboxylic acids is 1. The molecule has 1 fully saturated rings. The van der Waals surface area contributed by atoms with E-state index in [1.165, 1.54) is 19.2 Å². The van der Waals surface area contributed by atoms with E-state index in [1.54, 1.807) is 4.90 Å². The largest absolute Gasteiger partial charge is 0.380 e. The summed E-state index contributed by atoms with van der Waals surface area (Å²) in [6.07, 6.45) is 0.958. The number of piperidine rings is 1. The Balaban J connectivity index is 1.87. The summed E-state index contributed by atoms with van der Waals surface area (Å²) in [6.45, 7) is 1.21. The van der Waals surface area contributed by atoms with Gasteiger partial charge in [0.15, 0.2) is 0 Å². The number of methoxy groups -OCH3 is 1. The molecule has 0 saturated carbocycles. The number of rotatable bonds is 7. The number of nitrogens with zero attached hydrogens (tertiary/aromatic N) is 1. The first-order chi connectivity index (χ1) is 11.9. The Labute approximate surface area is 147 Å². The van der Waals surface area contributed by atoms with Gasteiger partial charge >= 0.3 is 0 Å². The lowest BCUT2D eigenvalue weighted by Gasteiger charge is -2.33. The number of hydrogen-bond acceptors (Lipinski definition) is 5. The van der Waals surface area contributed by atoms with Crippen LogP contribution < -0.4 is 10.5 Å². The van der Waals surface area contributed by atoms with Crippen LogP contribution in [0, 0.1) is 5.82 Å². The highest BCUT2D eigenvalue weighted by atomic mass is 32.2. The van der Waals surface area contributed by atoms with Gasteiger partial charge in [-0.25, -0.2) is 17.5 Å². The zero-order valence-corrected chi connectivity index (χ0v) is 15.0. The molecule has 7 nitrogen and oxygen atoms in total. The van der Waals surface area contributed by atoms with Crippen molar-refractivity contribution in [2.24, 2.45) is 5.73 Å². The van der Waals surface area contributed by atoms with Gasteiger partial charge in [0.25, 0.3) is 0 Å². The van der Waals surface area contributed by atoms with Crippen LogP contribution in [0.15, 0.2) is 29.2 Å². The molecule has 140 valence electrons. The van der Waals surface area contributed by atoms with Crippen molar-refractivity contribution < 1.29 is 22.3 Å². The second-order valence-electron chi connectivity index (χ2n) is 6.03. The number of likely N-dealkylation sites (tertiary alicyclic amines) is 1. The van der Waals surface area contributed by atoms with Crippen molar-refractivity contribution >= 4 is 15.9 Å². The van der Waals surface area contributed by atoms with E-state index in [4.69, 9.17) is 10.5 Å². The van der Waals surface area contributed by atoms with Gasteiger partial charge in [0.2, 0.25) is 15.9 Å². The first-order valence-electron chi connectivity index (χ1n) is 8.14. The molecule has 0 radical (unpaired) electrons. The molecule has 3 N–H and O–H groups in total. The lowest BCUT2D eigenvalue weighted by molar-refractivity contribution is -0.134. The number of benzene rings is 1. The van der Waals surface area contributed by atoms with Gasteiger partial charge in [-0.2, -0.15) is 0 Å². The van der Waals surface area contributed by atoms with Crippen molar-refractivity contribution in [2.75, 3.05) is 26.7 Å². The van der Waals surface area contributed by atoms with Crippen molar-refractivity contribution in [3.05, 3.63) is 30.1 Å². The Morgan fingerprint density at radius 1 is 1.36 bits per heavy atom. The SMILES string of the molecule is COC(CN)CC(=O)N1CCC(NS(=O)(=O)c2ccc(F)cc2)CC1. The summed E-state index contributed by atoms with van der Waals surface area (Å²) < 4.78 is 45.3. The molecule has 1 aromatic carbocycles. The number of nitrogens with one attached hydrogen (secondary N) is 1. The monoisotopic (exact) mass is 373 g/mol. The van der Waals surface area contributed by atoms with Crippen molar-refractivity contribution in [3.63, 3.8) is 0 Å². The molecule has 1 saturated heterocycles. The van der Waals surface area contributed by atoms with Gasteiger partial charge in [-0.3, -0.25) is 4.79 Å². The van der Waals surface area contributed by atoms with Crippen LogP contribution in [0.4, 0.5) is 4.39 Å². The van der Waals surface area contributed by atoms with Gasteiger partial charge in [0.1, 0.15) is 5.82 Å². The van der Waals surface area contributed by atoms with E-state index in [2.05, 4.69) is 4.72 Å². The molecule has 0 bridgehead atoms. The lowest BCUT2D eigenvalue weighted by Crippen LogP contribution is -2.47. The molecule has 0 spiro atoms. The van der Waals surface area contributed by atoms with Crippen LogP contribution in [0.3, 0.4) is 0 Å². The quantitative estimate of drug-likeness (QED) is 0.723. The topological polar surface area (TPSA) is 102 Å². The highest BCUT2D eigenvalue weighted by Gasteiger charge is 2.27. The van der Waals surface area contributed by atoms with Crippen molar-refractivity contribution in [3.8, 4) is 0 Å². The molecule has 9 heteroatoms. The molecule has 1 amide bonds. The van der Waals surface area contributed by atoms with E-state index >= 15 is 0 Å². The van der Waals surface area contributed by atoms with Crippen LogP contribution >= 0.6 is 0 Å². The maximum atomic E-state index is 12.9. The Hall–Kier alpha value is -1.55. The minimum atomic E-state index is -3.70. The highest BCUT2D eigenvalue weighted by molar-refractivity contribution is 7.89. The average molecular weight is 373 g/mol. The van der Waals surface area contributed by atoms with E-state index in [0.29, 0.717) is 25.9 Å². The zero-order valence-electron chi connectivity index (χ0n) is 14.2. The van der Waals surface area contributed by atoms with Crippen LogP contribution in [-0.4, -0.2) is 58.1 Å². The van der Waals surface area contributed by atoms with Crippen LogP contribution in [0.1, 0.15) is 19.3 Å². The van der Waals surface area contributed by atoms with E-state index in [-0.39, 0.29) is 35.9 Å². The fourth-order valence-corrected chi connectivity index (χ4v) is 4.04. The molecule has 1 atom stereocenters. The molecule has 0 aliphatic carbocycles. The summed E-state index contributed by atoms with van der Waals surface area (Å²) in [4.78, 5) is 13.9. The molecule has 1 aliphatic rings. The standard InChI is InChI=1S/C16H24FN3O4S/c1-24-14(11-18)10-16(21)20-8-6-13(7-9-20)19-25(22,23)15-4-2-12(17)3-5-15/h2-5,13-14,19H,6-11,18H2,1H3. The number of ether oxygens (including phenoxy) is 1. The number of sulfonamides is 1.